The van der Waals surface area contributed by atoms with Gasteiger partial charge in [-0.3, -0.25) is 4.40 Å². The third kappa shape index (κ3) is 1.81. The average Bonchev–Trinajstić information content (AvgIpc) is 2.55. The summed E-state index contributed by atoms with van der Waals surface area (Å²) in [5.74, 6) is 0. The van der Waals surface area contributed by atoms with E-state index in [9.17, 15) is 0 Å². The Balaban J connectivity index is 2.69. The van der Waals surface area contributed by atoms with Gasteiger partial charge in [-0.15, -0.1) is 0 Å². The molecular formula is C12H16ClN3. The maximum atomic E-state index is 6.33. The van der Waals surface area contributed by atoms with Gasteiger partial charge >= 0.3 is 0 Å². The van der Waals surface area contributed by atoms with E-state index < -0.39 is 0 Å². The lowest BCUT2D eigenvalue weighted by molar-refractivity contribution is 0.573. The van der Waals surface area contributed by atoms with Crippen molar-refractivity contribution in [2.75, 3.05) is 0 Å². The van der Waals surface area contributed by atoms with Gasteiger partial charge in [0, 0.05) is 18.2 Å². The first-order valence-corrected chi connectivity index (χ1v) is 5.68. The minimum Gasteiger partial charge on any atom is -0.326 e. The van der Waals surface area contributed by atoms with Crippen LogP contribution in [-0.2, 0) is 12.0 Å². The summed E-state index contributed by atoms with van der Waals surface area (Å²) in [6.45, 7) is 6.81. The second-order valence-corrected chi connectivity index (χ2v) is 5.33. The van der Waals surface area contributed by atoms with Gasteiger partial charge in [0.1, 0.15) is 10.8 Å². The van der Waals surface area contributed by atoms with Crippen molar-refractivity contribution in [3.63, 3.8) is 0 Å². The van der Waals surface area contributed by atoms with E-state index in [-0.39, 0.29) is 5.41 Å². The van der Waals surface area contributed by atoms with Crippen molar-refractivity contribution in [2.45, 2.75) is 32.7 Å². The number of rotatable bonds is 1. The Hall–Kier alpha value is -1.06. The monoisotopic (exact) mass is 237 g/mol. The van der Waals surface area contributed by atoms with Gasteiger partial charge < -0.3 is 5.73 Å². The second-order valence-electron chi connectivity index (χ2n) is 4.97. The van der Waals surface area contributed by atoms with Crippen molar-refractivity contribution < 1.29 is 0 Å². The van der Waals surface area contributed by atoms with Gasteiger partial charge in [0.25, 0.3) is 0 Å². The lowest BCUT2D eigenvalue weighted by Gasteiger charge is -2.15. The van der Waals surface area contributed by atoms with Crippen LogP contribution >= 0.6 is 11.6 Å². The highest BCUT2D eigenvalue weighted by atomic mass is 35.5. The van der Waals surface area contributed by atoms with Gasteiger partial charge in [-0.1, -0.05) is 38.4 Å². The van der Waals surface area contributed by atoms with Crippen LogP contribution in [0, 0.1) is 0 Å². The van der Waals surface area contributed by atoms with Crippen LogP contribution in [0.25, 0.3) is 5.65 Å². The molecule has 0 saturated heterocycles. The van der Waals surface area contributed by atoms with Crippen molar-refractivity contribution in [2.24, 2.45) is 5.73 Å². The molecule has 0 aliphatic carbocycles. The van der Waals surface area contributed by atoms with Crippen molar-refractivity contribution >= 4 is 17.2 Å². The fraction of sp³-hybridized carbons (Fsp3) is 0.417. The first-order chi connectivity index (χ1) is 7.43. The maximum Gasteiger partial charge on any atom is 0.138 e. The molecule has 2 N–H and O–H groups in total. The zero-order valence-electron chi connectivity index (χ0n) is 9.79. The van der Waals surface area contributed by atoms with Gasteiger partial charge in [-0.05, 0) is 11.6 Å². The topological polar surface area (TPSA) is 43.3 Å². The van der Waals surface area contributed by atoms with E-state index in [2.05, 4.69) is 25.8 Å². The molecule has 16 heavy (non-hydrogen) atoms. The molecule has 0 radical (unpaired) electrons. The number of fused-ring (bicyclic) bond motifs is 1. The molecule has 3 nitrogen and oxygen atoms in total. The Kier molecular flexibility index (Phi) is 2.68. The van der Waals surface area contributed by atoms with Crippen molar-refractivity contribution in [3.8, 4) is 0 Å². The number of pyridine rings is 1. The van der Waals surface area contributed by atoms with Gasteiger partial charge in [-0.2, -0.15) is 0 Å². The molecule has 0 bridgehead atoms. The van der Waals surface area contributed by atoms with Crippen LogP contribution in [0.5, 0.6) is 0 Å². The van der Waals surface area contributed by atoms with Crippen LogP contribution in [0.2, 0.25) is 5.15 Å². The number of halogens is 1. The number of nitrogens with zero attached hydrogens (tertiary/aromatic N) is 2. The number of imidazole rings is 1. The van der Waals surface area contributed by atoms with E-state index in [0.29, 0.717) is 11.7 Å². The highest BCUT2D eigenvalue weighted by Crippen LogP contribution is 2.29. The summed E-state index contributed by atoms with van der Waals surface area (Å²) in [6, 6.07) is 3.93. The zero-order chi connectivity index (χ0) is 11.9. The standard InChI is InChI=1S/C12H16ClN3/c1-12(2,3)10-11(13)16-7-8(6-14)4-5-9(16)15-10/h4-5,7H,6,14H2,1-3H3. The quantitative estimate of drug-likeness (QED) is 0.829. The van der Waals surface area contributed by atoms with Crippen LogP contribution in [0.15, 0.2) is 18.3 Å². The number of hydrogen-bond donors (Lipinski definition) is 1. The third-order valence-corrected chi connectivity index (χ3v) is 2.93. The molecule has 0 unspecified atom stereocenters. The Bertz CT molecular complexity index is 523. The molecule has 2 heterocycles. The molecule has 2 rings (SSSR count). The summed E-state index contributed by atoms with van der Waals surface area (Å²) in [7, 11) is 0. The van der Waals surface area contributed by atoms with Crippen LogP contribution in [0.1, 0.15) is 32.0 Å². The summed E-state index contributed by atoms with van der Waals surface area (Å²) < 4.78 is 1.89. The molecule has 2 aromatic heterocycles. The van der Waals surface area contributed by atoms with Gasteiger partial charge in [0.05, 0.1) is 5.69 Å². The molecule has 0 saturated carbocycles. The van der Waals surface area contributed by atoms with E-state index in [1.165, 1.54) is 0 Å². The Morgan fingerprint density at radius 1 is 1.38 bits per heavy atom. The Morgan fingerprint density at radius 2 is 2.06 bits per heavy atom. The summed E-state index contributed by atoms with van der Waals surface area (Å²) in [6.07, 6.45) is 1.94. The average molecular weight is 238 g/mol. The summed E-state index contributed by atoms with van der Waals surface area (Å²) >= 11 is 6.33. The fourth-order valence-electron chi connectivity index (χ4n) is 1.66. The normalized spacial score (nSPS) is 12.3. The summed E-state index contributed by atoms with van der Waals surface area (Å²) in [5.41, 5.74) is 8.39. The second kappa shape index (κ2) is 3.75. The lowest BCUT2D eigenvalue weighted by Crippen LogP contribution is -2.12. The Labute approximate surface area is 100 Å². The molecule has 0 aliphatic heterocycles. The molecule has 0 aliphatic rings. The third-order valence-electron chi connectivity index (χ3n) is 2.57. The SMILES string of the molecule is CC(C)(C)c1nc2ccc(CN)cn2c1Cl. The molecule has 2 aromatic rings. The lowest BCUT2D eigenvalue weighted by atomic mass is 9.93. The first-order valence-electron chi connectivity index (χ1n) is 5.30. The highest BCUT2D eigenvalue weighted by molar-refractivity contribution is 6.30. The van der Waals surface area contributed by atoms with Gasteiger partial charge in [0.15, 0.2) is 0 Å². The van der Waals surface area contributed by atoms with Crippen molar-refractivity contribution in [3.05, 3.63) is 34.7 Å². The largest absolute Gasteiger partial charge is 0.326 e. The summed E-state index contributed by atoms with van der Waals surface area (Å²) in [4.78, 5) is 4.55. The van der Waals surface area contributed by atoms with E-state index in [1.54, 1.807) is 0 Å². The maximum absolute atomic E-state index is 6.33. The highest BCUT2D eigenvalue weighted by Gasteiger charge is 2.22. The minimum absolute atomic E-state index is 0.0496. The van der Waals surface area contributed by atoms with E-state index >= 15 is 0 Å². The van der Waals surface area contributed by atoms with Crippen LogP contribution < -0.4 is 5.73 Å². The summed E-state index contributed by atoms with van der Waals surface area (Å²) in [5, 5.41) is 0.679. The smallest absolute Gasteiger partial charge is 0.138 e. The number of hydrogen-bond acceptors (Lipinski definition) is 2. The van der Waals surface area contributed by atoms with Gasteiger partial charge in [0.2, 0.25) is 0 Å². The number of aromatic nitrogens is 2. The van der Waals surface area contributed by atoms with Crippen molar-refractivity contribution in [1.29, 1.82) is 0 Å². The minimum atomic E-state index is -0.0496. The zero-order valence-corrected chi connectivity index (χ0v) is 10.5. The molecule has 0 fully saturated rings. The van der Waals surface area contributed by atoms with E-state index in [1.807, 2.05) is 22.7 Å². The molecule has 0 amide bonds. The molecule has 0 atom stereocenters. The molecular weight excluding hydrogens is 222 g/mol. The fourth-order valence-corrected chi connectivity index (χ4v) is 2.12. The predicted molar refractivity (Wildman–Crippen MR) is 66.8 cm³/mol. The predicted octanol–water partition coefficient (Wildman–Crippen LogP) is 2.74. The van der Waals surface area contributed by atoms with Crippen LogP contribution in [0.3, 0.4) is 0 Å². The van der Waals surface area contributed by atoms with Crippen molar-refractivity contribution in [1.82, 2.24) is 9.38 Å². The number of nitrogens with two attached hydrogens (primary N) is 1. The molecule has 4 heteroatoms. The molecule has 86 valence electrons. The molecule has 0 aromatic carbocycles. The van der Waals surface area contributed by atoms with Crippen LogP contribution in [-0.4, -0.2) is 9.38 Å². The van der Waals surface area contributed by atoms with E-state index in [4.69, 9.17) is 17.3 Å². The van der Waals surface area contributed by atoms with E-state index in [0.717, 1.165) is 16.9 Å². The van der Waals surface area contributed by atoms with Gasteiger partial charge in [-0.25, -0.2) is 4.98 Å². The Morgan fingerprint density at radius 3 is 2.62 bits per heavy atom. The van der Waals surface area contributed by atoms with Crippen LogP contribution in [0.4, 0.5) is 0 Å². The first kappa shape index (κ1) is 11.4. The molecule has 0 spiro atoms.